The van der Waals surface area contributed by atoms with Crippen molar-refractivity contribution in [1.29, 1.82) is 0 Å². The molecule has 0 saturated heterocycles. The van der Waals surface area contributed by atoms with Crippen LogP contribution in [0.25, 0.3) is 0 Å². The van der Waals surface area contributed by atoms with E-state index in [-0.39, 0.29) is 18.4 Å². The lowest BCUT2D eigenvalue weighted by molar-refractivity contribution is -0.137. The summed E-state index contributed by atoms with van der Waals surface area (Å²) in [6, 6.07) is -0.967. The van der Waals surface area contributed by atoms with Gasteiger partial charge in [-0.3, -0.25) is 9.59 Å². The molecule has 0 spiro atoms. The van der Waals surface area contributed by atoms with E-state index in [0.29, 0.717) is 13.0 Å². The van der Waals surface area contributed by atoms with Crippen LogP contribution in [0.4, 0.5) is 0 Å². The largest absolute Gasteiger partial charge is 0.481 e. The Morgan fingerprint density at radius 1 is 1.22 bits per heavy atom. The average molecular weight is 259 g/mol. The third kappa shape index (κ3) is 8.03. The number of carbonyl (C=O) groups is 2. The first-order valence-electron chi connectivity index (χ1n) is 6.49. The minimum Gasteiger partial charge on any atom is -0.481 e. The number of nitrogens with two attached hydrogens (primary N) is 2. The molecule has 0 aromatic rings. The maximum absolute atomic E-state index is 11.6. The molecule has 0 heterocycles. The number of hydrogen-bond donors (Lipinski definition) is 4. The fraction of sp³-hybridized carbons (Fsp3) is 0.833. The van der Waals surface area contributed by atoms with Gasteiger partial charge in [-0.1, -0.05) is 19.8 Å². The van der Waals surface area contributed by atoms with Crippen LogP contribution in [0.5, 0.6) is 0 Å². The number of hydrogen-bond acceptors (Lipinski definition) is 4. The standard InChI is InChI=1S/C12H25N3O3/c1-2-6-9(13)11(14)12(18)15-8-5-3-4-7-10(16)17/h9,11H,2-8,13-14H2,1H3,(H,15,18)(H,16,17). The topological polar surface area (TPSA) is 118 Å². The molecule has 18 heavy (non-hydrogen) atoms. The zero-order valence-electron chi connectivity index (χ0n) is 11.0. The van der Waals surface area contributed by atoms with Crippen molar-refractivity contribution in [1.82, 2.24) is 5.32 Å². The first kappa shape index (κ1) is 16.9. The average Bonchev–Trinajstić information content (AvgIpc) is 2.32. The van der Waals surface area contributed by atoms with Gasteiger partial charge in [0, 0.05) is 19.0 Å². The van der Waals surface area contributed by atoms with E-state index >= 15 is 0 Å². The second-order valence-electron chi connectivity index (χ2n) is 4.47. The molecular weight excluding hydrogens is 234 g/mol. The lowest BCUT2D eigenvalue weighted by Gasteiger charge is -2.18. The van der Waals surface area contributed by atoms with Gasteiger partial charge in [0.15, 0.2) is 0 Å². The maximum atomic E-state index is 11.6. The summed E-state index contributed by atoms with van der Waals surface area (Å²) in [4.78, 5) is 21.9. The number of carboxylic acid groups (broad SMARTS) is 1. The third-order valence-electron chi connectivity index (χ3n) is 2.75. The molecule has 6 N–H and O–H groups in total. The number of unbranched alkanes of at least 4 members (excludes halogenated alkanes) is 2. The van der Waals surface area contributed by atoms with Gasteiger partial charge < -0.3 is 21.9 Å². The minimum absolute atomic E-state index is 0.175. The van der Waals surface area contributed by atoms with Gasteiger partial charge in [0.2, 0.25) is 5.91 Å². The molecule has 2 atom stereocenters. The molecule has 0 rings (SSSR count). The Balaban J connectivity index is 3.60. The summed E-state index contributed by atoms with van der Waals surface area (Å²) in [7, 11) is 0. The summed E-state index contributed by atoms with van der Waals surface area (Å²) < 4.78 is 0. The van der Waals surface area contributed by atoms with E-state index in [4.69, 9.17) is 16.6 Å². The molecule has 0 aromatic carbocycles. The fourth-order valence-corrected chi connectivity index (χ4v) is 1.61. The quantitative estimate of drug-likeness (QED) is 0.418. The highest BCUT2D eigenvalue weighted by molar-refractivity contribution is 5.82. The smallest absolute Gasteiger partial charge is 0.303 e. The van der Waals surface area contributed by atoms with Gasteiger partial charge in [-0.25, -0.2) is 0 Å². The molecule has 1 amide bonds. The summed E-state index contributed by atoms with van der Waals surface area (Å²) in [6.07, 6.45) is 3.98. The van der Waals surface area contributed by atoms with E-state index in [9.17, 15) is 9.59 Å². The van der Waals surface area contributed by atoms with Crippen molar-refractivity contribution in [2.24, 2.45) is 11.5 Å². The summed E-state index contributed by atoms with van der Waals surface area (Å²) in [5.41, 5.74) is 11.5. The highest BCUT2D eigenvalue weighted by atomic mass is 16.4. The molecule has 0 fully saturated rings. The zero-order chi connectivity index (χ0) is 14.0. The van der Waals surface area contributed by atoms with Crippen molar-refractivity contribution in [3.05, 3.63) is 0 Å². The number of rotatable bonds is 10. The van der Waals surface area contributed by atoms with Gasteiger partial charge in [0.05, 0.1) is 6.04 Å². The first-order chi connectivity index (χ1) is 8.49. The minimum atomic E-state index is -0.786. The highest BCUT2D eigenvalue weighted by Crippen LogP contribution is 2.00. The molecule has 0 aliphatic heterocycles. The summed E-state index contributed by atoms with van der Waals surface area (Å²) in [6.45, 7) is 2.51. The summed E-state index contributed by atoms with van der Waals surface area (Å²) in [5.74, 6) is -1.01. The number of aliphatic carboxylic acids is 1. The van der Waals surface area contributed by atoms with Crippen LogP contribution in [0.15, 0.2) is 0 Å². The van der Waals surface area contributed by atoms with E-state index in [1.807, 2.05) is 6.92 Å². The first-order valence-corrected chi connectivity index (χ1v) is 6.49. The molecule has 0 bridgehead atoms. The Morgan fingerprint density at radius 2 is 1.89 bits per heavy atom. The van der Waals surface area contributed by atoms with Crippen molar-refractivity contribution in [3.63, 3.8) is 0 Å². The van der Waals surface area contributed by atoms with Crippen LogP contribution in [0.3, 0.4) is 0 Å². The van der Waals surface area contributed by atoms with E-state index in [1.165, 1.54) is 0 Å². The highest BCUT2D eigenvalue weighted by Gasteiger charge is 2.19. The summed E-state index contributed by atoms with van der Waals surface area (Å²) in [5, 5.41) is 11.2. The van der Waals surface area contributed by atoms with E-state index in [2.05, 4.69) is 5.32 Å². The summed E-state index contributed by atoms with van der Waals surface area (Å²) >= 11 is 0. The Morgan fingerprint density at radius 3 is 2.44 bits per heavy atom. The van der Waals surface area contributed by atoms with E-state index in [1.54, 1.807) is 0 Å². The molecule has 106 valence electrons. The number of carboxylic acids is 1. The number of nitrogens with one attached hydrogen (secondary N) is 1. The Kier molecular flexibility index (Phi) is 9.22. The van der Waals surface area contributed by atoms with Gasteiger partial charge in [-0.05, 0) is 19.3 Å². The van der Waals surface area contributed by atoms with Crippen LogP contribution < -0.4 is 16.8 Å². The van der Waals surface area contributed by atoms with Crippen molar-refractivity contribution in [2.75, 3.05) is 6.54 Å². The monoisotopic (exact) mass is 259 g/mol. The van der Waals surface area contributed by atoms with Gasteiger partial charge in [0.25, 0.3) is 0 Å². The van der Waals surface area contributed by atoms with Crippen molar-refractivity contribution in [3.8, 4) is 0 Å². The van der Waals surface area contributed by atoms with Gasteiger partial charge in [-0.2, -0.15) is 0 Å². The lowest BCUT2D eigenvalue weighted by atomic mass is 10.0. The number of amides is 1. The van der Waals surface area contributed by atoms with Crippen molar-refractivity contribution >= 4 is 11.9 Å². The van der Waals surface area contributed by atoms with Gasteiger partial charge >= 0.3 is 5.97 Å². The second-order valence-corrected chi connectivity index (χ2v) is 4.47. The number of carbonyl (C=O) groups excluding carboxylic acids is 1. The fourth-order valence-electron chi connectivity index (χ4n) is 1.61. The predicted octanol–water partition coefficient (Wildman–Crippen LogP) is 0.202. The lowest BCUT2D eigenvalue weighted by Crippen LogP contribution is -2.52. The van der Waals surface area contributed by atoms with Crippen LogP contribution >= 0.6 is 0 Å². The predicted molar refractivity (Wildman–Crippen MR) is 70.0 cm³/mol. The van der Waals surface area contributed by atoms with Crippen LogP contribution in [0.2, 0.25) is 0 Å². The third-order valence-corrected chi connectivity index (χ3v) is 2.75. The van der Waals surface area contributed by atoms with E-state index < -0.39 is 12.0 Å². The maximum Gasteiger partial charge on any atom is 0.303 e. The van der Waals surface area contributed by atoms with E-state index in [0.717, 1.165) is 25.7 Å². The Labute approximate surface area is 108 Å². The zero-order valence-corrected chi connectivity index (χ0v) is 11.0. The van der Waals surface area contributed by atoms with Gasteiger partial charge in [0.1, 0.15) is 0 Å². The van der Waals surface area contributed by atoms with Gasteiger partial charge in [-0.15, -0.1) is 0 Å². The molecule has 6 heteroatoms. The van der Waals surface area contributed by atoms with Crippen LogP contribution in [0, 0.1) is 0 Å². The van der Waals surface area contributed by atoms with Crippen LogP contribution in [0.1, 0.15) is 45.4 Å². The molecule has 0 aliphatic rings. The molecule has 2 unspecified atom stereocenters. The Bertz CT molecular complexity index is 259. The normalized spacial score (nSPS) is 13.9. The molecule has 0 aliphatic carbocycles. The van der Waals surface area contributed by atoms with Crippen LogP contribution in [-0.4, -0.2) is 35.6 Å². The van der Waals surface area contributed by atoms with Crippen LogP contribution in [-0.2, 0) is 9.59 Å². The van der Waals surface area contributed by atoms with Crippen molar-refractivity contribution < 1.29 is 14.7 Å². The molecule has 0 aromatic heterocycles. The van der Waals surface area contributed by atoms with Crippen molar-refractivity contribution in [2.45, 2.75) is 57.5 Å². The molecular formula is C12H25N3O3. The Hall–Kier alpha value is -1.14. The second kappa shape index (κ2) is 9.85. The molecule has 0 radical (unpaired) electrons. The SMILES string of the molecule is CCCC(N)C(N)C(=O)NCCCCCC(=O)O. The molecule has 0 saturated carbocycles. The molecule has 6 nitrogen and oxygen atoms in total.